The van der Waals surface area contributed by atoms with Gasteiger partial charge in [0.15, 0.2) is 17.3 Å². The van der Waals surface area contributed by atoms with Crippen LogP contribution in [0.1, 0.15) is 37.9 Å². The molecule has 0 atom stereocenters. The fourth-order valence-corrected chi connectivity index (χ4v) is 3.12. The average molecular weight is 313 g/mol. The van der Waals surface area contributed by atoms with Gasteiger partial charge in [-0.05, 0) is 30.9 Å². The van der Waals surface area contributed by atoms with Gasteiger partial charge in [0.2, 0.25) is 0 Å². The van der Waals surface area contributed by atoms with E-state index in [0.717, 1.165) is 10.9 Å². The van der Waals surface area contributed by atoms with E-state index in [0.29, 0.717) is 29.1 Å². The number of allylic oxidation sites excluding steroid dienone is 1. The number of fused-ring (bicyclic) bond motifs is 1. The molecule has 1 saturated carbocycles. The van der Waals surface area contributed by atoms with Crippen molar-refractivity contribution < 1.29 is 9.47 Å². The van der Waals surface area contributed by atoms with Crippen molar-refractivity contribution in [2.75, 3.05) is 20.0 Å². The molecule has 5 heteroatoms. The zero-order chi connectivity index (χ0) is 16.2. The molecule has 2 N–H and O–H groups in total. The molecule has 3 rings (SSSR count). The lowest BCUT2D eigenvalue weighted by Gasteiger charge is -2.17. The van der Waals surface area contributed by atoms with Gasteiger partial charge in [0, 0.05) is 11.5 Å². The Morgan fingerprint density at radius 2 is 1.74 bits per heavy atom. The van der Waals surface area contributed by atoms with Crippen molar-refractivity contribution in [2.45, 2.75) is 32.1 Å². The van der Waals surface area contributed by atoms with Crippen molar-refractivity contribution in [3.05, 3.63) is 24.0 Å². The van der Waals surface area contributed by atoms with Gasteiger partial charge < -0.3 is 15.2 Å². The molecule has 0 spiro atoms. The molecule has 0 unspecified atom stereocenters. The number of benzene rings is 1. The van der Waals surface area contributed by atoms with Crippen LogP contribution in [0, 0.1) is 5.92 Å². The number of hydrogen-bond donors (Lipinski definition) is 1. The van der Waals surface area contributed by atoms with Crippen molar-refractivity contribution >= 4 is 22.8 Å². The van der Waals surface area contributed by atoms with Gasteiger partial charge >= 0.3 is 0 Å². The first-order valence-corrected chi connectivity index (χ1v) is 8.08. The third kappa shape index (κ3) is 3.38. The lowest BCUT2D eigenvalue weighted by Crippen LogP contribution is -2.03. The highest BCUT2D eigenvalue weighted by Crippen LogP contribution is 2.33. The Morgan fingerprint density at radius 3 is 2.43 bits per heavy atom. The maximum Gasteiger partial charge on any atom is 0.162 e. The number of nitrogens with zero attached hydrogens (tertiary/aromatic N) is 2. The number of rotatable bonds is 4. The third-order valence-electron chi connectivity index (χ3n) is 4.42. The summed E-state index contributed by atoms with van der Waals surface area (Å²) in [6.45, 7) is 0. The van der Waals surface area contributed by atoms with E-state index in [1.807, 2.05) is 18.2 Å². The number of nitrogens with two attached hydrogens (primary N) is 1. The summed E-state index contributed by atoms with van der Waals surface area (Å²) in [7, 11) is 3.21. The van der Waals surface area contributed by atoms with E-state index in [1.165, 1.54) is 32.1 Å². The predicted molar refractivity (Wildman–Crippen MR) is 92.7 cm³/mol. The zero-order valence-electron chi connectivity index (χ0n) is 13.7. The highest BCUT2D eigenvalue weighted by molar-refractivity contribution is 5.91. The highest BCUT2D eigenvalue weighted by atomic mass is 16.5. The summed E-state index contributed by atoms with van der Waals surface area (Å²) in [4.78, 5) is 8.99. The Morgan fingerprint density at radius 1 is 1.04 bits per heavy atom. The number of hydrogen-bond acceptors (Lipinski definition) is 5. The topological polar surface area (TPSA) is 70.3 Å². The quantitative estimate of drug-likeness (QED) is 0.929. The number of anilines is 1. The maximum absolute atomic E-state index is 6.10. The fraction of sp³-hybridized carbons (Fsp3) is 0.444. The standard InChI is InChI=1S/C18H23N3O2/c1-22-15-10-13-14(11-16(15)23-2)20-17(21-18(13)19)9-8-12-6-4-3-5-7-12/h8-12H,3-7H2,1-2H3,(H2,19,20,21)/b9-8+. The second-order valence-corrected chi connectivity index (χ2v) is 5.95. The maximum atomic E-state index is 6.10. The fourth-order valence-electron chi connectivity index (χ4n) is 3.12. The van der Waals surface area contributed by atoms with Crippen molar-refractivity contribution in [1.82, 2.24) is 9.97 Å². The van der Waals surface area contributed by atoms with Crippen LogP contribution in [-0.4, -0.2) is 24.2 Å². The Kier molecular flexibility index (Phi) is 4.65. The molecular weight excluding hydrogens is 290 g/mol. The van der Waals surface area contributed by atoms with Gasteiger partial charge in [-0.2, -0.15) is 0 Å². The minimum Gasteiger partial charge on any atom is -0.493 e. The first-order valence-electron chi connectivity index (χ1n) is 8.08. The molecular formula is C18H23N3O2. The molecule has 1 aliphatic carbocycles. The molecule has 0 radical (unpaired) electrons. The molecule has 1 aromatic heterocycles. The first-order chi connectivity index (χ1) is 11.2. The smallest absolute Gasteiger partial charge is 0.162 e. The van der Waals surface area contributed by atoms with Gasteiger partial charge in [0.05, 0.1) is 19.7 Å². The van der Waals surface area contributed by atoms with E-state index < -0.39 is 0 Å². The first kappa shape index (κ1) is 15.6. The Hall–Kier alpha value is -2.30. The van der Waals surface area contributed by atoms with Crippen LogP contribution in [0.15, 0.2) is 18.2 Å². The van der Waals surface area contributed by atoms with Crippen molar-refractivity contribution in [3.8, 4) is 11.5 Å². The van der Waals surface area contributed by atoms with E-state index in [9.17, 15) is 0 Å². The lowest BCUT2D eigenvalue weighted by atomic mass is 9.89. The van der Waals surface area contributed by atoms with E-state index >= 15 is 0 Å². The molecule has 23 heavy (non-hydrogen) atoms. The normalized spacial score (nSPS) is 16.1. The summed E-state index contributed by atoms with van der Waals surface area (Å²) in [5.41, 5.74) is 6.86. The number of methoxy groups -OCH3 is 2. The van der Waals surface area contributed by atoms with Gasteiger partial charge in [0.25, 0.3) is 0 Å². The molecule has 0 aliphatic heterocycles. The van der Waals surface area contributed by atoms with Crippen LogP contribution < -0.4 is 15.2 Å². The van der Waals surface area contributed by atoms with Gasteiger partial charge in [-0.25, -0.2) is 9.97 Å². The molecule has 1 aliphatic rings. The summed E-state index contributed by atoms with van der Waals surface area (Å²) in [5.74, 6) is 3.00. The van der Waals surface area contributed by atoms with Gasteiger partial charge in [-0.3, -0.25) is 0 Å². The summed E-state index contributed by atoms with van der Waals surface area (Å²) in [6.07, 6.45) is 10.7. The van der Waals surface area contributed by atoms with Crippen molar-refractivity contribution in [1.29, 1.82) is 0 Å². The largest absolute Gasteiger partial charge is 0.493 e. The third-order valence-corrected chi connectivity index (χ3v) is 4.42. The van der Waals surface area contributed by atoms with Crippen molar-refractivity contribution in [3.63, 3.8) is 0 Å². The Labute approximate surface area is 136 Å². The Balaban J connectivity index is 1.94. The predicted octanol–water partition coefficient (Wildman–Crippen LogP) is 3.82. The van der Waals surface area contributed by atoms with Gasteiger partial charge in [-0.1, -0.05) is 25.3 Å². The van der Waals surface area contributed by atoms with Crippen molar-refractivity contribution in [2.24, 2.45) is 5.92 Å². The second-order valence-electron chi connectivity index (χ2n) is 5.95. The summed E-state index contributed by atoms with van der Waals surface area (Å²) in [5, 5.41) is 0.775. The Bertz CT molecular complexity index is 722. The second kappa shape index (κ2) is 6.86. The zero-order valence-corrected chi connectivity index (χ0v) is 13.7. The van der Waals surface area contributed by atoms with Crippen LogP contribution in [0.5, 0.6) is 11.5 Å². The lowest BCUT2D eigenvalue weighted by molar-refractivity contribution is 0.356. The highest BCUT2D eigenvalue weighted by Gasteiger charge is 2.12. The van der Waals surface area contributed by atoms with Gasteiger partial charge in [-0.15, -0.1) is 0 Å². The van der Waals surface area contributed by atoms with E-state index in [4.69, 9.17) is 15.2 Å². The number of nitrogen functional groups attached to an aromatic ring is 1. The number of aromatic nitrogens is 2. The monoisotopic (exact) mass is 313 g/mol. The number of ether oxygens (including phenoxy) is 2. The molecule has 1 heterocycles. The minimum atomic E-state index is 0.458. The van der Waals surface area contributed by atoms with E-state index in [1.54, 1.807) is 14.2 Å². The van der Waals surface area contributed by atoms with E-state index in [-0.39, 0.29) is 0 Å². The molecule has 0 bridgehead atoms. The van der Waals surface area contributed by atoms with Gasteiger partial charge in [0.1, 0.15) is 5.82 Å². The van der Waals surface area contributed by atoms with E-state index in [2.05, 4.69) is 16.0 Å². The van der Waals surface area contributed by atoms with Crippen LogP contribution in [0.25, 0.3) is 17.0 Å². The van der Waals surface area contributed by atoms with Crippen LogP contribution in [-0.2, 0) is 0 Å². The molecule has 2 aromatic rings. The average Bonchev–Trinajstić information content (AvgIpc) is 2.59. The minimum absolute atomic E-state index is 0.458. The molecule has 5 nitrogen and oxygen atoms in total. The molecule has 1 fully saturated rings. The molecule has 0 saturated heterocycles. The summed E-state index contributed by atoms with van der Waals surface area (Å²) in [6, 6.07) is 3.66. The SMILES string of the molecule is COc1cc2nc(/C=C/C3CCCCC3)nc(N)c2cc1OC. The molecule has 0 amide bonds. The molecule has 122 valence electrons. The molecule has 1 aromatic carbocycles. The van der Waals surface area contributed by atoms with Crippen LogP contribution >= 0.6 is 0 Å². The summed E-state index contributed by atoms with van der Waals surface area (Å²) >= 11 is 0. The van der Waals surface area contributed by atoms with Crippen LogP contribution in [0.2, 0.25) is 0 Å². The van der Waals surface area contributed by atoms with Crippen LogP contribution in [0.4, 0.5) is 5.82 Å². The van der Waals surface area contributed by atoms with Crippen LogP contribution in [0.3, 0.4) is 0 Å². The summed E-state index contributed by atoms with van der Waals surface area (Å²) < 4.78 is 10.6.